The molecule has 0 amide bonds. The predicted octanol–water partition coefficient (Wildman–Crippen LogP) is 1.76. The zero-order valence-electron chi connectivity index (χ0n) is 10.7. The van der Waals surface area contributed by atoms with Crippen LogP contribution in [0.1, 0.15) is 19.3 Å². The zero-order valence-corrected chi connectivity index (χ0v) is 12.3. The van der Waals surface area contributed by atoms with Crippen molar-refractivity contribution in [3.63, 3.8) is 0 Å². The van der Waals surface area contributed by atoms with E-state index in [4.69, 9.17) is 0 Å². The molecule has 1 aliphatic carbocycles. The molecule has 1 aliphatic rings. The Kier molecular flexibility index (Phi) is 4.76. The number of aliphatic hydroxyl groups excluding tert-OH is 1. The molecule has 1 aromatic heterocycles. The molecule has 0 aromatic carbocycles. The first-order valence-electron chi connectivity index (χ1n) is 6.41. The Hall–Kier alpha value is -1.14. The van der Waals surface area contributed by atoms with Gasteiger partial charge in [0.05, 0.1) is 18.4 Å². The average molecular weight is 328 g/mol. The molecule has 1 heterocycles. The fourth-order valence-electron chi connectivity index (χ4n) is 2.46. The number of aromatic nitrogens is 2. The van der Waals surface area contributed by atoms with Crippen LogP contribution in [-0.2, 0) is 6.54 Å². The molecule has 0 radical (unpaired) electrons. The van der Waals surface area contributed by atoms with Gasteiger partial charge >= 0.3 is 0 Å². The lowest BCUT2D eigenvalue weighted by Gasteiger charge is -2.20. The summed E-state index contributed by atoms with van der Waals surface area (Å²) in [5, 5.41) is 16.7. The Morgan fingerprint density at radius 3 is 3.11 bits per heavy atom. The largest absolute Gasteiger partial charge is 0.396 e. The maximum Gasteiger partial charge on any atom is 0.283 e. The number of nitrogens with one attached hydrogen (secondary N) is 1. The van der Waals surface area contributed by atoms with Gasteiger partial charge in [0.1, 0.15) is 4.47 Å². The van der Waals surface area contributed by atoms with Crippen molar-refractivity contribution in [2.45, 2.75) is 31.8 Å². The molecule has 0 spiro atoms. The Balaban J connectivity index is 2.19. The molecule has 0 bridgehead atoms. The molecule has 0 aliphatic heterocycles. The Bertz CT molecular complexity index is 515. The summed E-state index contributed by atoms with van der Waals surface area (Å²) in [5.41, 5.74) is 0.513. The third kappa shape index (κ3) is 3.06. The van der Waals surface area contributed by atoms with E-state index in [1.165, 1.54) is 4.68 Å². The van der Waals surface area contributed by atoms with Gasteiger partial charge in [0.25, 0.3) is 5.56 Å². The molecule has 2 N–H and O–H groups in total. The number of anilines is 1. The normalized spacial score (nSPS) is 22.4. The van der Waals surface area contributed by atoms with Crippen LogP contribution in [0.2, 0.25) is 0 Å². The molecule has 5 nitrogen and oxygen atoms in total. The van der Waals surface area contributed by atoms with Crippen LogP contribution in [0, 0.1) is 5.92 Å². The minimum Gasteiger partial charge on any atom is -0.396 e. The Labute approximate surface area is 120 Å². The van der Waals surface area contributed by atoms with Gasteiger partial charge in [-0.3, -0.25) is 4.79 Å². The Morgan fingerprint density at radius 2 is 2.42 bits per heavy atom. The van der Waals surface area contributed by atoms with Crippen LogP contribution < -0.4 is 10.9 Å². The molecule has 1 saturated carbocycles. The van der Waals surface area contributed by atoms with Gasteiger partial charge in [-0.15, -0.1) is 6.58 Å². The quantitative estimate of drug-likeness (QED) is 0.809. The molecular formula is C13H18BrN3O2. The number of nitrogens with zero attached hydrogens (tertiary/aromatic N) is 2. The highest BCUT2D eigenvalue weighted by molar-refractivity contribution is 9.10. The van der Waals surface area contributed by atoms with E-state index in [-0.39, 0.29) is 24.1 Å². The second kappa shape index (κ2) is 6.34. The maximum absolute atomic E-state index is 12.0. The minimum absolute atomic E-state index is 0.177. The van der Waals surface area contributed by atoms with Crippen molar-refractivity contribution in [3.05, 3.63) is 33.7 Å². The van der Waals surface area contributed by atoms with E-state index in [9.17, 15) is 9.90 Å². The van der Waals surface area contributed by atoms with E-state index in [1.54, 1.807) is 12.3 Å². The van der Waals surface area contributed by atoms with Crippen LogP contribution in [0.4, 0.5) is 5.69 Å². The van der Waals surface area contributed by atoms with E-state index < -0.39 is 0 Å². The molecular weight excluding hydrogens is 310 g/mol. The average Bonchev–Trinajstić information content (AvgIpc) is 2.86. The van der Waals surface area contributed by atoms with Crippen molar-refractivity contribution in [2.24, 2.45) is 5.92 Å². The van der Waals surface area contributed by atoms with Crippen LogP contribution in [-0.4, -0.2) is 27.5 Å². The number of rotatable bonds is 5. The lowest BCUT2D eigenvalue weighted by atomic mass is 10.1. The molecule has 1 fully saturated rings. The number of halogens is 1. The predicted molar refractivity (Wildman–Crippen MR) is 78.2 cm³/mol. The molecule has 2 rings (SSSR count). The molecule has 1 aromatic rings. The second-order valence-corrected chi connectivity index (χ2v) is 5.57. The lowest BCUT2D eigenvalue weighted by molar-refractivity contribution is 0.222. The number of hydrogen-bond donors (Lipinski definition) is 2. The summed E-state index contributed by atoms with van der Waals surface area (Å²) in [5.74, 6) is 0.252. The first-order chi connectivity index (χ1) is 9.17. The highest BCUT2D eigenvalue weighted by Gasteiger charge is 2.27. The van der Waals surface area contributed by atoms with Crippen LogP contribution in [0.25, 0.3) is 0 Å². The van der Waals surface area contributed by atoms with Gasteiger partial charge in [-0.05, 0) is 28.8 Å². The monoisotopic (exact) mass is 327 g/mol. The van der Waals surface area contributed by atoms with Crippen molar-refractivity contribution >= 4 is 21.6 Å². The van der Waals surface area contributed by atoms with Gasteiger partial charge in [-0.25, -0.2) is 4.68 Å². The molecule has 2 unspecified atom stereocenters. The fraction of sp³-hybridized carbons (Fsp3) is 0.538. The summed E-state index contributed by atoms with van der Waals surface area (Å²) < 4.78 is 1.83. The van der Waals surface area contributed by atoms with E-state index >= 15 is 0 Å². The van der Waals surface area contributed by atoms with Crippen LogP contribution >= 0.6 is 15.9 Å². The smallest absolute Gasteiger partial charge is 0.283 e. The van der Waals surface area contributed by atoms with Gasteiger partial charge < -0.3 is 10.4 Å². The van der Waals surface area contributed by atoms with E-state index in [1.807, 2.05) is 0 Å². The zero-order chi connectivity index (χ0) is 13.8. The van der Waals surface area contributed by atoms with Crippen molar-refractivity contribution in [1.29, 1.82) is 0 Å². The fourth-order valence-corrected chi connectivity index (χ4v) is 2.88. The summed E-state index contributed by atoms with van der Waals surface area (Å²) in [6.45, 7) is 4.16. The van der Waals surface area contributed by atoms with E-state index in [2.05, 4.69) is 32.9 Å². The van der Waals surface area contributed by atoms with Crippen LogP contribution in [0.15, 0.2) is 28.1 Å². The Morgan fingerprint density at radius 1 is 1.63 bits per heavy atom. The molecule has 19 heavy (non-hydrogen) atoms. The van der Waals surface area contributed by atoms with E-state index in [0.29, 0.717) is 16.7 Å². The summed E-state index contributed by atoms with van der Waals surface area (Å²) in [7, 11) is 0. The summed E-state index contributed by atoms with van der Waals surface area (Å²) in [6.07, 6.45) is 6.40. The molecule has 0 saturated heterocycles. The highest BCUT2D eigenvalue weighted by Crippen LogP contribution is 2.29. The number of aliphatic hydroxyl groups is 1. The maximum atomic E-state index is 12.0. The first-order valence-corrected chi connectivity index (χ1v) is 7.20. The topological polar surface area (TPSA) is 67.2 Å². The number of hydrogen-bond acceptors (Lipinski definition) is 4. The van der Waals surface area contributed by atoms with Gasteiger partial charge in [-0.1, -0.05) is 12.5 Å². The van der Waals surface area contributed by atoms with Gasteiger partial charge in [0.2, 0.25) is 0 Å². The third-order valence-electron chi connectivity index (χ3n) is 3.52. The third-order valence-corrected chi connectivity index (χ3v) is 4.29. The first kappa shape index (κ1) is 14.3. The number of allylic oxidation sites excluding steroid dienone is 1. The SMILES string of the molecule is C=CCn1ncc(NC2CCCC2CO)c(Br)c1=O. The van der Waals surface area contributed by atoms with Crippen molar-refractivity contribution in [1.82, 2.24) is 9.78 Å². The van der Waals surface area contributed by atoms with E-state index in [0.717, 1.165) is 19.3 Å². The van der Waals surface area contributed by atoms with Crippen molar-refractivity contribution in [3.8, 4) is 0 Å². The second-order valence-electron chi connectivity index (χ2n) is 4.77. The van der Waals surface area contributed by atoms with Crippen molar-refractivity contribution in [2.75, 3.05) is 11.9 Å². The molecule has 2 atom stereocenters. The summed E-state index contributed by atoms with van der Waals surface area (Å²) in [4.78, 5) is 12.0. The standard InChI is InChI=1S/C13H18BrN3O2/c1-2-6-17-13(19)12(14)11(7-15-17)16-10-5-3-4-9(10)8-18/h2,7,9-10,16,18H,1,3-6,8H2. The van der Waals surface area contributed by atoms with Gasteiger partial charge in [0.15, 0.2) is 0 Å². The summed E-state index contributed by atoms with van der Waals surface area (Å²) >= 11 is 3.32. The molecule has 6 heteroatoms. The molecule has 104 valence electrons. The van der Waals surface area contributed by atoms with Crippen LogP contribution in [0.3, 0.4) is 0 Å². The minimum atomic E-state index is -0.177. The lowest BCUT2D eigenvalue weighted by Crippen LogP contribution is -2.29. The van der Waals surface area contributed by atoms with Gasteiger partial charge in [-0.2, -0.15) is 5.10 Å². The summed E-state index contributed by atoms with van der Waals surface area (Å²) in [6, 6.07) is 0.206. The van der Waals surface area contributed by atoms with Crippen LogP contribution in [0.5, 0.6) is 0 Å². The highest BCUT2D eigenvalue weighted by atomic mass is 79.9. The van der Waals surface area contributed by atoms with Crippen molar-refractivity contribution < 1.29 is 5.11 Å². The van der Waals surface area contributed by atoms with Gasteiger partial charge in [0, 0.05) is 18.6 Å².